The molecule has 2 N–H and O–H groups in total. The van der Waals surface area contributed by atoms with Crippen molar-refractivity contribution in [1.82, 2.24) is 0 Å². The first-order chi connectivity index (χ1) is 9.10. The minimum atomic E-state index is -0.950. The third-order valence-electron chi connectivity index (χ3n) is 2.33. The highest BCUT2D eigenvalue weighted by atomic mass is 16.5. The first-order valence-electron chi connectivity index (χ1n) is 5.65. The van der Waals surface area contributed by atoms with Crippen molar-refractivity contribution in [3.63, 3.8) is 0 Å². The maximum atomic E-state index is 11.4. The average molecular weight is 264 g/mol. The standard InChI is InChI=1S/C12H12N2O5/c1-2-18-12(17)11(16)13-7-3-4-8-9(5-7)19-6-10(15)14-8/h3-5H,2,6H2,1H3,(H,13,16)(H,14,15). The predicted octanol–water partition coefficient (Wildman–Crippen LogP) is 0.519. The molecule has 0 radical (unpaired) electrons. The molecule has 0 saturated carbocycles. The Balaban J connectivity index is 2.08. The van der Waals surface area contributed by atoms with Crippen molar-refractivity contribution >= 4 is 29.2 Å². The van der Waals surface area contributed by atoms with Crippen LogP contribution in [0.15, 0.2) is 18.2 Å². The van der Waals surface area contributed by atoms with Crippen LogP contribution in [0.4, 0.5) is 11.4 Å². The second-order valence-corrected chi connectivity index (χ2v) is 3.72. The molecular formula is C12H12N2O5. The molecule has 7 heteroatoms. The van der Waals surface area contributed by atoms with E-state index in [0.29, 0.717) is 17.1 Å². The summed E-state index contributed by atoms with van der Waals surface area (Å²) in [6.07, 6.45) is 0. The number of ether oxygens (including phenoxy) is 2. The summed E-state index contributed by atoms with van der Waals surface area (Å²) in [4.78, 5) is 33.7. The fraction of sp³-hybridized carbons (Fsp3) is 0.250. The Hall–Kier alpha value is -2.57. The van der Waals surface area contributed by atoms with Gasteiger partial charge in [0.05, 0.1) is 12.3 Å². The molecule has 7 nitrogen and oxygen atoms in total. The quantitative estimate of drug-likeness (QED) is 0.600. The first-order valence-corrected chi connectivity index (χ1v) is 5.65. The number of carbonyl (C=O) groups excluding carboxylic acids is 3. The maximum Gasteiger partial charge on any atom is 0.397 e. The zero-order valence-corrected chi connectivity index (χ0v) is 10.2. The molecule has 0 saturated heterocycles. The molecule has 0 aliphatic carbocycles. The molecule has 0 spiro atoms. The largest absolute Gasteiger partial charge is 0.482 e. The van der Waals surface area contributed by atoms with Crippen LogP contribution in [0.3, 0.4) is 0 Å². The monoisotopic (exact) mass is 264 g/mol. The van der Waals surface area contributed by atoms with E-state index in [1.54, 1.807) is 19.1 Å². The highest BCUT2D eigenvalue weighted by Crippen LogP contribution is 2.30. The molecule has 1 aliphatic heterocycles. The van der Waals surface area contributed by atoms with E-state index < -0.39 is 11.9 Å². The van der Waals surface area contributed by atoms with Crippen molar-refractivity contribution in [1.29, 1.82) is 0 Å². The number of hydrogen-bond acceptors (Lipinski definition) is 5. The first kappa shape index (κ1) is 12.9. The Labute approximate surface area is 108 Å². The highest BCUT2D eigenvalue weighted by Gasteiger charge is 2.18. The van der Waals surface area contributed by atoms with E-state index in [1.165, 1.54) is 6.07 Å². The SMILES string of the molecule is CCOC(=O)C(=O)Nc1ccc2c(c1)OCC(=O)N2. The molecule has 0 unspecified atom stereocenters. The lowest BCUT2D eigenvalue weighted by Crippen LogP contribution is -2.26. The Morgan fingerprint density at radius 3 is 3.00 bits per heavy atom. The molecule has 2 rings (SSSR count). The molecule has 19 heavy (non-hydrogen) atoms. The minimum absolute atomic E-state index is 0.0811. The molecule has 0 atom stereocenters. The van der Waals surface area contributed by atoms with E-state index in [1.807, 2.05) is 0 Å². The van der Waals surface area contributed by atoms with Gasteiger partial charge in [-0.2, -0.15) is 0 Å². The van der Waals surface area contributed by atoms with E-state index >= 15 is 0 Å². The van der Waals surface area contributed by atoms with Crippen molar-refractivity contribution in [2.45, 2.75) is 6.92 Å². The molecule has 100 valence electrons. The molecule has 2 amide bonds. The van der Waals surface area contributed by atoms with Crippen LogP contribution in [-0.4, -0.2) is 31.0 Å². The number of anilines is 2. The second kappa shape index (κ2) is 5.38. The van der Waals surface area contributed by atoms with Gasteiger partial charge in [-0.25, -0.2) is 4.79 Å². The number of hydrogen-bond donors (Lipinski definition) is 2. The van der Waals surface area contributed by atoms with E-state index in [4.69, 9.17) is 4.74 Å². The van der Waals surface area contributed by atoms with Gasteiger partial charge in [-0.1, -0.05) is 0 Å². The fourth-order valence-electron chi connectivity index (χ4n) is 1.53. The van der Waals surface area contributed by atoms with Crippen LogP contribution in [-0.2, 0) is 19.1 Å². The molecule has 0 bridgehead atoms. The van der Waals surface area contributed by atoms with Gasteiger partial charge in [0.1, 0.15) is 5.75 Å². The maximum absolute atomic E-state index is 11.4. The van der Waals surface area contributed by atoms with Gasteiger partial charge in [0.15, 0.2) is 6.61 Å². The molecular weight excluding hydrogens is 252 g/mol. The molecule has 1 aliphatic rings. The topological polar surface area (TPSA) is 93.7 Å². The van der Waals surface area contributed by atoms with Gasteiger partial charge in [0.25, 0.3) is 5.91 Å². The van der Waals surface area contributed by atoms with E-state index in [9.17, 15) is 14.4 Å². The zero-order valence-electron chi connectivity index (χ0n) is 10.2. The normalized spacial score (nSPS) is 12.8. The predicted molar refractivity (Wildman–Crippen MR) is 65.8 cm³/mol. The average Bonchev–Trinajstić information content (AvgIpc) is 2.39. The summed E-state index contributed by atoms with van der Waals surface area (Å²) in [5.74, 6) is -1.62. The van der Waals surface area contributed by atoms with Gasteiger partial charge < -0.3 is 20.1 Å². The molecule has 0 aromatic heterocycles. The number of fused-ring (bicyclic) bond motifs is 1. The summed E-state index contributed by atoms with van der Waals surface area (Å²) < 4.78 is 9.75. The minimum Gasteiger partial charge on any atom is -0.482 e. The zero-order chi connectivity index (χ0) is 13.8. The Morgan fingerprint density at radius 1 is 1.47 bits per heavy atom. The number of carbonyl (C=O) groups is 3. The van der Waals surface area contributed by atoms with Gasteiger partial charge in [-0.05, 0) is 19.1 Å². The van der Waals surface area contributed by atoms with Crippen LogP contribution < -0.4 is 15.4 Å². The van der Waals surface area contributed by atoms with Gasteiger partial charge in [0.2, 0.25) is 0 Å². The van der Waals surface area contributed by atoms with Crippen molar-refractivity contribution in [3.8, 4) is 5.75 Å². The van der Waals surface area contributed by atoms with Crippen molar-refractivity contribution in [2.75, 3.05) is 23.8 Å². The van der Waals surface area contributed by atoms with Crippen molar-refractivity contribution < 1.29 is 23.9 Å². The molecule has 1 heterocycles. The number of benzene rings is 1. The number of nitrogens with one attached hydrogen (secondary N) is 2. The van der Waals surface area contributed by atoms with Gasteiger partial charge in [-0.3, -0.25) is 9.59 Å². The fourth-order valence-corrected chi connectivity index (χ4v) is 1.53. The van der Waals surface area contributed by atoms with Gasteiger partial charge in [0, 0.05) is 11.8 Å². The smallest absolute Gasteiger partial charge is 0.397 e. The lowest BCUT2D eigenvalue weighted by atomic mass is 10.2. The number of amides is 2. The summed E-state index contributed by atoms with van der Waals surface area (Å²) in [7, 11) is 0. The summed E-state index contributed by atoms with van der Waals surface area (Å²) in [5.41, 5.74) is 0.901. The van der Waals surface area contributed by atoms with Crippen LogP contribution >= 0.6 is 0 Å². The highest BCUT2D eigenvalue weighted by molar-refractivity contribution is 6.37. The lowest BCUT2D eigenvalue weighted by Gasteiger charge is -2.18. The van der Waals surface area contributed by atoms with Crippen LogP contribution in [0.5, 0.6) is 5.75 Å². The van der Waals surface area contributed by atoms with Gasteiger partial charge >= 0.3 is 11.9 Å². The van der Waals surface area contributed by atoms with Crippen molar-refractivity contribution in [3.05, 3.63) is 18.2 Å². The molecule has 0 fully saturated rings. The van der Waals surface area contributed by atoms with E-state index in [0.717, 1.165) is 0 Å². The van der Waals surface area contributed by atoms with Crippen LogP contribution in [0.2, 0.25) is 0 Å². The molecule has 1 aromatic carbocycles. The van der Waals surface area contributed by atoms with Crippen LogP contribution in [0, 0.1) is 0 Å². The van der Waals surface area contributed by atoms with Crippen LogP contribution in [0.25, 0.3) is 0 Å². The lowest BCUT2D eigenvalue weighted by molar-refractivity contribution is -0.152. The number of rotatable bonds is 2. The summed E-state index contributed by atoms with van der Waals surface area (Å²) >= 11 is 0. The van der Waals surface area contributed by atoms with Crippen molar-refractivity contribution in [2.24, 2.45) is 0 Å². The van der Waals surface area contributed by atoms with Gasteiger partial charge in [-0.15, -0.1) is 0 Å². The van der Waals surface area contributed by atoms with E-state index in [-0.39, 0.29) is 19.1 Å². The summed E-state index contributed by atoms with van der Waals surface area (Å²) in [6.45, 7) is 1.66. The Morgan fingerprint density at radius 2 is 2.26 bits per heavy atom. The Bertz CT molecular complexity index is 541. The molecule has 1 aromatic rings. The second-order valence-electron chi connectivity index (χ2n) is 3.72. The Kier molecular flexibility index (Phi) is 3.65. The third kappa shape index (κ3) is 3.01. The third-order valence-corrected chi connectivity index (χ3v) is 2.33. The summed E-state index contributed by atoms with van der Waals surface area (Å²) in [6, 6.07) is 4.64. The van der Waals surface area contributed by atoms with Crippen LogP contribution in [0.1, 0.15) is 6.92 Å². The van der Waals surface area contributed by atoms with E-state index in [2.05, 4.69) is 15.4 Å². The number of esters is 1. The summed E-state index contributed by atoms with van der Waals surface area (Å²) in [5, 5.41) is 5.00.